The molecule has 4 atom stereocenters. The van der Waals surface area contributed by atoms with Gasteiger partial charge >= 0.3 is 7.12 Å². The van der Waals surface area contributed by atoms with Crippen molar-refractivity contribution in [2.45, 2.75) is 38.6 Å². The van der Waals surface area contributed by atoms with E-state index in [-0.39, 0.29) is 29.4 Å². The van der Waals surface area contributed by atoms with E-state index in [2.05, 4.69) is 0 Å². The van der Waals surface area contributed by atoms with E-state index in [0.717, 1.165) is 32.7 Å². The van der Waals surface area contributed by atoms with Gasteiger partial charge in [0.25, 0.3) is 5.69 Å². The van der Waals surface area contributed by atoms with Gasteiger partial charge in [-0.2, -0.15) is 0 Å². The van der Waals surface area contributed by atoms with Crippen LogP contribution in [0.5, 0.6) is 5.75 Å². The highest BCUT2D eigenvalue weighted by Crippen LogP contribution is 2.51. The average molecular weight is 613 g/mol. The molecule has 9 nitrogen and oxygen atoms in total. The van der Waals surface area contributed by atoms with E-state index in [9.17, 15) is 29.8 Å². The Morgan fingerprint density at radius 3 is 2.59 bits per heavy atom. The van der Waals surface area contributed by atoms with Crippen LogP contribution in [0.2, 0.25) is 11.3 Å². The van der Waals surface area contributed by atoms with Crippen molar-refractivity contribution in [1.82, 2.24) is 0 Å². The fraction of sp³-hybridized carbons (Fsp3) is 0.273. The summed E-state index contributed by atoms with van der Waals surface area (Å²) in [6.45, 7) is 1.95. The van der Waals surface area contributed by atoms with Crippen molar-refractivity contribution in [2.75, 3.05) is 4.90 Å². The first-order valence-electron chi connectivity index (χ1n) is 14.5. The maximum absolute atomic E-state index is 13.9. The highest BCUT2D eigenvalue weighted by molar-refractivity contribution is 6.43. The number of benzene rings is 3. The zero-order valence-corrected chi connectivity index (χ0v) is 24.7. The number of hydrogen-bond donors (Lipinski definition) is 2. The number of halogens is 1. The minimum absolute atomic E-state index is 0.0751. The summed E-state index contributed by atoms with van der Waals surface area (Å²) in [5.74, 6) is -2.42. The lowest BCUT2D eigenvalue weighted by molar-refractivity contribution is -0.384. The molecular weight excluding hydrogens is 583 g/mol. The Kier molecular flexibility index (Phi) is 8.15. The smallest absolute Gasteiger partial charge is 0.455 e. The molecule has 3 aliphatic rings. The number of nitro benzene ring substituents is 1. The molecule has 3 aromatic rings. The maximum atomic E-state index is 13.9. The number of hydrogen-bond acceptors (Lipinski definition) is 7. The molecular formula is C33H30BClN2O7. The predicted molar refractivity (Wildman–Crippen MR) is 168 cm³/mol. The number of carbonyl (C=O) groups excluding carboxylic acids is 2. The van der Waals surface area contributed by atoms with Gasteiger partial charge in [0.05, 0.1) is 33.6 Å². The number of anilines is 1. The lowest BCUT2D eigenvalue weighted by atomic mass is 9.58. The summed E-state index contributed by atoms with van der Waals surface area (Å²) in [6, 6.07) is 20.2. The van der Waals surface area contributed by atoms with E-state index < -0.39 is 41.8 Å². The van der Waals surface area contributed by atoms with Crippen molar-refractivity contribution < 1.29 is 29.3 Å². The van der Waals surface area contributed by atoms with Crippen LogP contribution in [0.15, 0.2) is 83.9 Å². The Labute approximate surface area is 259 Å². The number of fused-ring (bicyclic) bond motifs is 3. The molecule has 224 valence electrons. The van der Waals surface area contributed by atoms with Crippen molar-refractivity contribution in [3.63, 3.8) is 0 Å². The molecule has 0 saturated carbocycles. The number of rotatable bonds is 7. The number of non-ortho nitro benzene ring substituents is 1. The molecule has 2 amide bonds. The number of phenols is 1. The second kappa shape index (κ2) is 12.0. The molecule has 2 aliphatic heterocycles. The predicted octanol–water partition coefficient (Wildman–Crippen LogP) is 6.30. The Balaban J connectivity index is 1.30. The highest BCUT2D eigenvalue weighted by atomic mass is 35.5. The van der Waals surface area contributed by atoms with E-state index in [1.165, 1.54) is 30.3 Å². The minimum atomic E-state index is -1.12. The third-order valence-corrected chi connectivity index (χ3v) is 9.21. The van der Waals surface area contributed by atoms with Crippen LogP contribution < -0.4 is 4.90 Å². The van der Waals surface area contributed by atoms with Gasteiger partial charge in [-0.05, 0) is 91.0 Å². The molecule has 2 N–H and O–H groups in total. The molecule has 2 heterocycles. The topological polar surface area (TPSA) is 130 Å². The first-order valence-corrected chi connectivity index (χ1v) is 14.9. The number of allylic oxidation sites excluding steroid dienone is 2. The van der Waals surface area contributed by atoms with Crippen molar-refractivity contribution in [3.05, 3.63) is 110 Å². The molecule has 0 spiro atoms. The summed E-state index contributed by atoms with van der Waals surface area (Å²) in [6.07, 6.45) is 3.10. The normalized spacial score (nSPS) is 23.6. The third-order valence-electron chi connectivity index (χ3n) is 8.89. The van der Waals surface area contributed by atoms with Crippen LogP contribution in [-0.4, -0.2) is 40.1 Å². The standard InChI is InChI=1S/C33H30BClN2O7/c1-19-14-26-31(33(40)36(32(26)39)23-8-5-9-24(16-23)37(42)43)27-18-34(41)44-29(30(19)27)13-11-21(20-6-3-2-4-7-20)15-22-10-12-25(38)17-28(22)35/h2-10,12,15-17,26-27,29,31,38,41H,11,13-14,18H2,1H3/b21-15-/t26-,27+,29-,31-/m1/s1. The van der Waals surface area contributed by atoms with Crippen LogP contribution in [-0.2, 0) is 14.2 Å². The Hall–Kier alpha value is -4.25. The van der Waals surface area contributed by atoms with Gasteiger partial charge in [-0.15, -0.1) is 0 Å². The van der Waals surface area contributed by atoms with Crippen LogP contribution in [0.25, 0.3) is 11.6 Å². The van der Waals surface area contributed by atoms with Crippen LogP contribution >= 0.6 is 11.6 Å². The van der Waals surface area contributed by atoms with Crippen LogP contribution in [0, 0.1) is 27.9 Å². The summed E-state index contributed by atoms with van der Waals surface area (Å²) < 4.78 is 6.09. The quantitative estimate of drug-likeness (QED) is 0.0800. The molecule has 11 heteroatoms. The number of nitrogens with zero attached hydrogens (tertiary/aromatic N) is 2. The number of aromatic hydroxyl groups is 1. The Morgan fingerprint density at radius 1 is 1.09 bits per heavy atom. The molecule has 6 rings (SSSR count). The summed E-state index contributed by atoms with van der Waals surface area (Å²) >= 11 is 6.43. The summed E-state index contributed by atoms with van der Waals surface area (Å²) in [4.78, 5) is 39.3. The van der Waals surface area contributed by atoms with E-state index in [4.69, 9.17) is 16.3 Å². The van der Waals surface area contributed by atoms with Gasteiger partial charge in [-0.3, -0.25) is 19.7 Å². The fourth-order valence-corrected chi connectivity index (χ4v) is 7.21. The van der Waals surface area contributed by atoms with E-state index in [1.807, 2.05) is 43.3 Å². The van der Waals surface area contributed by atoms with Crippen molar-refractivity contribution in [3.8, 4) is 5.75 Å². The van der Waals surface area contributed by atoms with E-state index in [1.54, 1.807) is 12.1 Å². The average Bonchev–Trinajstić information content (AvgIpc) is 3.25. The molecule has 0 unspecified atom stereocenters. The molecule has 3 aromatic carbocycles. The maximum Gasteiger partial charge on any atom is 0.455 e. The molecule has 2 saturated heterocycles. The Bertz CT molecular complexity index is 1710. The molecule has 0 bridgehead atoms. The highest BCUT2D eigenvalue weighted by Gasteiger charge is 2.57. The summed E-state index contributed by atoms with van der Waals surface area (Å²) in [7, 11) is -1.12. The minimum Gasteiger partial charge on any atom is -0.508 e. The SMILES string of the molecule is CC1=C2[C@@H](CC/C(=C/c3ccc(O)cc3Cl)c3ccccc3)OB(O)C[C@@H]2[C@@H]2C(=O)N(c3cccc([N+](=O)[O-])c3)C(=O)[C@@H]2C1. The van der Waals surface area contributed by atoms with E-state index in [0.29, 0.717) is 24.3 Å². The van der Waals surface area contributed by atoms with Crippen LogP contribution in [0.1, 0.15) is 37.3 Å². The second-order valence-electron chi connectivity index (χ2n) is 11.6. The van der Waals surface area contributed by atoms with Gasteiger partial charge in [0, 0.05) is 12.1 Å². The summed E-state index contributed by atoms with van der Waals surface area (Å²) in [5, 5.41) is 32.4. The number of phenolic OH excluding ortho intramolecular Hbond substituents is 1. The molecule has 44 heavy (non-hydrogen) atoms. The number of carbonyl (C=O) groups is 2. The first kappa shape index (κ1) is 29.8. The number of imide groups is 1. The zero-order chi connectivity index (χ0) is 31.1. The van der Waals surface area contributed by atoms with Gasteiger partial charge in [-0.1, -0.05) is 53.6 Å². The lowest BCUT2D eigenvalue weighted by Crippen LogP contribution is -2.46. The number of amides is 2. The number of nitro groups is 1. The van der Waals surface area contributed by atoms with Gasteiger partial charge < -0.3 is 14.8 Å². The summed E-state index contributed by atoms with van der Waals surface area (Å²) in [5.41, 5.74) is 4.59. The molecule has 1 aliphatic carbocycles. The van der Waals surface area contributed by atoms with Gasteiger partial charge in [0.15, 0.2) is 0 Å². The van der Waals surface area contributed by atoms with Crippen molar-refractivity contribution in [2.24, 2.45) is 17.8 Å². The Morgan fingerprint density at radius 2 is 1.86 bits per heavy atom. The largest absolute Gasteiger partial charge is 0.508 e. The molecule has 2 fully saturated rings. The second-order valence-corrected chi connectivity index (χ2v) is 12.0. The first-order chi connectivity index (χ1) is 21.1. The van der Waals surface area contributed by atoms with Gasteiger partial charge in [-0.25, -0.2) is 4.90 Å². The van der Waals surface area contributed by atoms with Gasteiger partial charge in [0.1, 0.15) is 5.75 Å². The van der Waals surface area contributed by atoms with Gasteiger partial charge in [0.2, 0.25) is 11.8 Å². The lowest BCUT2D eigenvalue weighted by Gasteiger charge is -2.42. The molecule has 0 radical (unpaired) electrons. The molecule has 0 aromatic heterocycles. The fourth-order valence-electron chi connectivity index (χ4n) is 6.98. The van der Waals surface area contributed by atoms with Crippen molar-refractivity contribution in [1.29, 1.82) is 0 Å². The zero-order valence-electron chi connectivity index (χ0n) is 23.9. The van der Waals surface area contributed by atoms with Crippen LogP contribution in [0.3, 0.4) is 0 Å². The monoisotopic (exact) mass is 612 g/mol. The van der Waals surface area contributed by atoms with Crippen LogP contribution in [0.4, 0.5) is 11.4 Å². The van der Waals surface area contributed by atoms with E-state index >= 15 is 0 Å². The third kappa shape index (κ3) is 5.56. The van der Waals surface area contributed by atoms with Crippen molar-refractivity contribution >= 4 is 53.6 Å².